The van der Waals surface area contributed by atoms with Crippen molar-refractivity contribution in [2.45, 2.75) is 26.3 Å². The third-order valence-corrected chi connectivity index (χ3v) is 4.35. The maximum absolute atomic E-state index is 12.7. The molecule has 1 amide bonds. The molecule has 0 aliphatic rings. The summed E-state index contributed by atoms with van der Waals surface area (Å²) in [5, 5.41) is 4.11. The molecule has 3 rings (SSSR count). The number of methoxy groups -OCH3 is 1. The van der Waals surface area contributed by atoms with Gasteiger partial charge in [0, 0.05) is 11.7 Å². The summed E-state index contributed by atoms with van der Waals surface area (Å²) in [5.74, 6) is 0.583. The Morgan fingerprint density at radius 2 is 2.00 bits per heavy atom. The summed E-state index contributed by atoms with van der Waals surface area (Å²) in [6, 6.07) is 15.5. The van der Waals surface area contributed by atoms with Crippen LogP contribution in [0.5, 0.6) is 5.75 Å². The zero-order valence-electron chi connectivity index (χ0n) is 14.2. The molecule has 0 spiro atoms. The Morgan fingerprint density at radius 3 is 2.75 bits per heavy atom. The Hall–Kier alpha value is -2.75. The van der Waals surface area contributed by atoms with Crippen molar-refractivity contribution in [3.63, 3.8) is 0 Å². The number of rotatable bonds is 5. The Labute approximate surface area is 142 Å². The SMILES string of the molecule is CCc1ccc2c(ccn2C(C)C(=O)Nc2ccccc2OC)c1. The van der Waals surface area contributed by atoms with Gasteiger partial charge in [-0.2, -0.15) is 0 Å². The molecule has 0 bridgehead atoms. The van der Waals surface area contributed by atoms with Gasteiger partial charge >= 0.3 is 0 Å². The van der Waals surface area contributed by atoms with E-state index in [-0.39, 0.29) is 11.9 Å². The molecule has 2 aromatic carbocycles. The first-order chi connectivity index (χ1) is 11.6. The van der Waals surface area contributed by atoms with Crippen molar-refractivity contribution in [2.24, 2.45) is 0 Å². The molecule has 0 fully saturated rings. The number of nitrogens with zero attached hydrogens (tertiary/aromatic N) is 1. The highest BCUT2D eigenvalue weighted by atomic mass is 16.5. The highest BCUT2D eigenvalue weighted by molar-refractivity contribution is 5.96. The summed E-state index contributed by atoms with van der Waals surface area (Å²) >= 11 is 0. The van der Waals surface area contributed by atoms with E-state index >= 15 is 0 Å². The smallest absolute Gasteiger partial charge is 0.247 e. The molecule has 0 saturated heterocycles. The second-order valence-electron chi connectivity index (χ2n) is 5.84. The Balaban J connectivity index is 1.86. The van der Waals surface area contributed by atoms with E-state index in [1.807, 2.05) is 42.0 Å². The van der Waals surface area contributed by atoms with Crippen LogP contribution >= 0.6 is 0 Å². The van der Waals surface area contributed by atoms with Crippen LogP contribution in [0.1, 0.15) is 25.5 Å². The summed E-state index contributed by atoms with van der Waals surface area (Å²) in [7, 11) is 1.60. The number of aryl methyl sites for hydroxylation is 1. The van der Waals surface area contributed by atoms with Crippen LogP contribution in [0, 0.1) is 0 Å². The van der Waals surface area contributed by atoms with E-state index in [1.54, 1.807) is 7.11 Å². The van der Waals surface area contributed by atoms with E-state index in [4.69, 9.17) is 4.74 Å². The van der Waals surface area contributed by atoms with Crippen molar-refractivity contribution < 1.29 is 9.53 Å². The van der Waals surface area contributed by atoms with Crippen molar-refractivity contribution in [1.82, 2.24) is 4.57 Å². The molecule has 1 aromatic heterocycles. The topological polar surface area (TPSA) is 43.3 Å². The monoisotopic (exact) mass is 322 g/mol. The fraction of sp³-hybridized carbons (Fsp3) is 0.250. The zero-order valence-corrected chi connectivity index (χ0v) is 14.2. The number of nitrogens with one attached hydrogen (secondary N) is 1. The molecule has 3 aromatic rings. The maximum atomic E-state index is 12.7. The lowest BCUT2D eigenvalue weighted by Crippen LogP contribution is -2.23. The van der Waals surface area contributed by atoms with E-state index in [0.29, 0.717) is 11.4 Å². The van der Waals surface area contributed by atoms with Crippen LogP contribution in [0.3, 0.4) is 0 Å². The van der Waals surface area contributed by atoms with Gasteiger partial charge in [0.1, 0.15) is 11.8 Å². The number of benzene rings is 2. The highest BCUT2D eigenvalue weighted by Gasteiger charge is 2.18. The molecule has 0 aliphatic heterocycles. The quantitative estimate of drug-likeness (QED) is 0.756. The van der Waals surface area contributed by atoms with E-state index < -0.39 is 0 Å². The Morgan fingerprint density at radius 1 is 1.21 bits per heavy atom. The standard InChI is InChI=1S/C20H22N2O2/c1-4-15-9-10-18-16(13-15)11-12-22(18)14(2)20(23)21-17-7-5-6-8-19(17)24-3/h5-14H,4H2,1-3H3,(H,21,23). The second-order valence-corrected chi connectivity index (χ2v) is 5.84. The summed E-state index contributed by atoms with van der Waals surface area (Å²) in [6.45, 7) is 4.04. The van der Waals surface area contributed by atoms with Crippen LogP contribution in [0.25, 0.3) is 10.9 Å². The van der Waals surface area contributed by atoms with Gasteiger partial charge in [-0.1, -0.05) is 25.1 Å². The molecule has 1 atom stereocenters. The molecule has 0 aliphatic carbocycles. The van der Waals surface area contributed by atoms with E-state index in [0.717, 1.165) is 17.3 Å². The first kappa shape index (κ1) is 16.1. The first-order valence-electron chi connectivity index (χ1n) is 8.17. The van der Waals surface area contributed by atoms with Gasteiger partial charge in [0.15, 0.2) is 0 Å². The molecule has 4 heteroatoms. The lowest BCUT2D eigenvalue weighted by Gasteiger charge is -2.17. The number of amides is 1. The minimum atomic E-state index is -0.320. The number of ether oxygens (including phenoxy) is 1. The van der Waals surface area contributed by atoms with Gasteiger partial charge in [0.25, 0.3) is 0 Å². The molecular formula is C20H22N2O2. The van der Waals surface area contributed by atoms with Crippen LogP contribution in [0.15, 0.2) is 54.7 Å². The van der Waals surface area contributed by atoms with Crippen LogP contribution in [-0.4, -0.2) is 17.6 Å². The van der Waals surface area contributed by atoms with Crippen molar-refractivity contribution in [2.75, 3.05) is 12.4 Å². The molecule has 1 heterocycles. The fourth-order valence-electron chi connectivity index (χ4n) is 2.88. The van der Waals surface area contributed by atoms with Crippen molar-refractivity contribution in [1.29, 1.82) is 0 Å². The van der Waals surface area contributed by atoms with Crippen molar-refractivity contribution in [3.05, 3.63) is 60.3 Å². The largest absolute Gasteiger partial charge is 0.495 e. The van der Waals surface area contributed by atoms with Gasteiger partial charge in [-0.25, -0.2) is 0 Å². The van der Waals surface area contributed by atoms with Gasteiger partial charge in [-0.3, -0.25) is 4.79 Å². The van der Waals surface area contributed by atoms with Crippen LogP contribution in [0.4, 0.5) is 5.69 Å². The van der Waals surface area contributed by atoms with Crippen molar-refractivity contribution in [3.8, 4) is 5.75 Å². The van der Waals surface area contributed by atoms with Gasteiger partial charge in [-0.15, -0.1) is 0 Å². The summed E-state index contributed by atoms with van der Waals surface area (Å²) in [5.41, 5.74) is 3.04. The molecule has 1 N–H and O–H groups in total. The molecule has 124 valence electrons. The molecular weight excluding hydrogens is 300 g/mol. The van der Waals surface area contributed by atoms with Crippen LogP contribution in [0.2, 0.25) is 0 Å². The maximum Gasteiger partial charge on any atom is 0.247 e. The minimum absolute atomic E-state index is 0.0726. The summed E-state index contributed by atoms with van der Waals surface area (Å²) < 4.78 is 7.29. The van der Waals surface area contributed by atoms with Gasteiger partial charge in [0.05, 0.1) is 12.8 Å². The highest BCUT2D eigenvalue weighted by Crippen LogP contribution is 2.26. The lowest BCUT2D eigenvalue weighted by atomic mass is 10.1. The lowest BCUT2D eigenvalue weighted by molar-refractivity contribution is -0.118. The Bertz CT molecular complexity index is 867. The third kappa shape index (κ3) is 3.00. The summed E-state index contributed by atoms with van der Waals surface area (Å²) in [4.78, 5) is 12.7. The number of anilines is 1. The number of carbonyl (C=O) groups is 1. The molecule has 24 heavy (non-hydrogen) atoms. The predicted molar refractivity (Wildman–Crippen MR) is 97.7 cm³/mol. The van der Waals surface area contributed by atoms with E-state index in [9.17, 15) is 4.79 Å². The van der Waals surface area contributed by atoms with Gasteiger partial charge in [-0.05, 0) is 54.6 Å². The van der Waals surface area contributed by atoms with E-state index in [2.05, 4.69) is 36.5 Å². The first-order valence-corrected chi connectivity index (χ1v) is 8.17. The van der Waals surface area contributed by atoms with Crippen LogP contribution in [-0.2, 0) is 11.2 Å². The minimum Gasteiger partial charge on any atom is -0.495 e. The van der Waals surface area contributed by atoms with Crippen LogP contribution < -0.4 is 10.1 Å². The number of fused-ring (bicyclic) bond motifs is 1. The normalized spacial score (nSPS) is 12.1. The fourth-order valence-corrected chi connectivity index (χ4v) is 2.88. The Kier molecular flexibility index (Phi) is 4.56. The van der Waals surface area contributed by atoms with Crippen molar-refractivity contribution >= 4 is 22.5 Å². The average Bonchev–Trinajstić information content (AvgIpc) is 3.04. The van der Waals surface area contributed by atoms with E-state index in [1.165, 1.54) is 5.56 Å². The van der Waals surface area contributed by atoms with Gasteiger partial charge in [0.2, 0.25) is 5.91 Å². The van der Waals surface area contributed by atoms with Gasteiger partial charge < -0.3 is 14.6 Å². The number of carbonyl (C=O) groups excluding carboxylic acids is 1. The number of para-hydroxylation sites is 2. The molecule has 0 saturated carbocycles. The number of hydrogen-bond acceptors (Lipinski definition) is 2. The molecule has 4 nitrogen and oxygen atoms in total. The summed E-state index contributed by atoms with van der Waals surface area (Å²) in [6.07, 6.45) is 2.97. The number of hydrogen-bond donors (Lipinski definition) is 1. The zero-order chi connectivity index (χ0) is 17.1. The third-order valence-electron chi connectivity index (χ3n) is 4.35. The molecule has 0 radical (unpaired) electrons. The second kappa shape index (κ2) is 6.79. The average molecular weight is 322 g/mol. The predicted octanol–water partition coefficient (Wildman–Crippen LogP) is 4.41. The number of aromatic nitrogens is 1. The molecule has 1 unspecified atom stereocenters.